The smallest absolute Gasteiger partial charge is 0.231 e. The zero-order valence-electron chi connectivity index (χ0n) is 10.3. The molecule has 1 aliphatic rings. The fourth-order valence-electron chi connectivity index (χ4n) is 2.16. The van der Waals surface area contributed by atoms with Crippen LogP contribution in [0, 0.1) is 5.92 Å². The summed E-state index contributed by atoms with van der Waals surface area (Å²) < 4.78 is 5.27. The zero-order valence-corrected chi connectivity index (χ0v) is 10.3. The lowest BCUT2D eigenvalue weighted by Crippen LogP contribution is -2.34. The predicted octanol–water partition coefficient (Wildman–Crippen LogP) is 1.27. The number of anilines is 1. The van der Waals surface area contributed by atoms with Crippen LogP contribution in [0.4, 0.5) is 5.69 Å². The molecule has 1 heterocycles. The molecule has 1 fully saturated rings. The fraction of sp³-hybridized carbons (Fsp3) is 0.462. The van der Waals surface area contributed by atoms with Crippen LogP contribution in [0.15, 0.2) is 24.3 Å². The molecule has 0 saturated carbocycles. The number of carbonyl (C=O) groups excluding carboxylic acids is 1. The SMILES string of the molecule is COc1ccccc1N(C)C(=O)C1CCNC1. The predicted molar refractivity (Wildman–Crippen MR) is 67.4 cm³/mol. The van der Waals surface area contributed by atoms with Gasteiger partial charge >= 0.3 is 0 Å². The van der Waals surface area contributed by atoms with E-state index in [4.69, 9.17) is 4.74 Å². The van der Waals surface area contributed by atoms with E-state index in [0.29, 0.717) is 0 Å². The van der Waals surface area contributed by atoms with E-state index in [9.17, 15) is 4.79 Å². The van der Waals surface area contributed by atoms with Crippen molar-refractivity contribution in [2.75, 3.05) is 32.1 Å². The van der Waals surface area contributed by atoms with Gasteiger partial charge in [0.05, 0.1) is 18.7 Å². The van der Waals surface area contributed by atoms with Crippen LogP contribution in [0.25, 0.3) is 0 Å². The number of nitrogens with one attached hydrogen (secondary N) is 1. The van der Waals surface area contributed by atoms with Crippen molar-refractivity contribution in [1.82, 2.24) is 5.32 Å². The molecule has 1 unspecified atom stereocenters. The highest BCUT2D eigenvalue weighted by atomic mass is 16.5. The average molecular weight is 234 g/mol. The largest absolute Gasteiger partial charge is 0.495 e. The van der Waals surface area contributed by atoms with E-state index in [0.717, 1.165) is 30.9 Å². The molecule has 2 rings (SSSR count). The first-order chi connectivity index (χ1) is 8.24. The molecule has 0 aromatic heterocycles. The summed E-state index contributed by atoms with van der Waals surface area (Å²) in [6, 6.07) is 7.58. The maximum absolute atomic E-state index is 12.2. The number of benzene rings is 1. The Labute approximate surface area is 102 Å². The monoisotopic (exact) mass is 234 g/mol. The van der Waals surface area contributed by atoms with Crippen molar-refractivity contribution in [2.24, 2.45) is 5.92 Å². The van der Waals surface area contributed by atoms with Gasteiger partial charge in [0.15, 0.2) is 0 Å². The van der Waals surface area contributed by atoms with Gasteiger partial charge in [-0.25, -0.2) is 0 Å². The molecule has 0 aliphatic carbocycles. The molecule has 1 aromatic rings. The number of para-hydroxylation sites is 2. The van der Waals surface area contributed by atoms with Gasteiger partial charge in [0.25, 0.3) is 0 Å². The van der Waals surface area contributed by atoms with Crippen molar-refractivity contribution in [3.63, 3.8) is 0 Å². The minimum Gasteiger partial charge on any atom is -0.495 e. The van der Waals surface area contributed by atoms with Crippen LogP contribution >= 0.6 is 0 Å². The van der Waals surface area contributed by atoms with Crippen LogP contribution in [0.1, 0.15) is 6.42 Å². The lowest BCUT2D eigenvalue weighted by Gasteiger charge is -2.22. The highest BCUT2D eigenvalue weighted by Gasteiger charge is 2.26. The summed E-state index contributed by atoms with van der Waals surface area (Å²) in [5.41, 5.74) is 0.826. The molecule has 17 heavy (non-hydrogen) atoms. The molecule has 1 aromatic carbocycles. The number of rotatable bonds is 3. The third-order valence-electron chi connectivity index (χ3n) is 3.19. The number of amides is 1. The summed E-state index contributed by atoms with van der Waals surface area (Å²) in [4.78, 5) is 13.9. The van der Waals surface area contributed by atoms with Gasteiger partial charge < -0.3 is 15.0 Å². The van der Waals surface area contributed by atoms with Crippen molar-refractivity contribution in [1.29, 1.82) is 0 Å². The normalized spacial score (nSPS) is 19.1. The Bertz CT molecular complexity index is 400. The minimum absolute atomic E-state index is 0.0879. The van der Waals surface area contributed by atoms with Gasteiger partial charge in [0.2, 0.25) is 5.91 Å². The molecule has 0 radical (unpaired) electrons. The van der Waals surface area contributed by atoms with Gasteiger partial charge in [-0.1, -0.05) is 12.1 Å². The van der Waals surface area contributed by atoms with E-state index in [-0.39, 0.29) is 11.8 Å². The standard InChI is InChI=1S/C13H18N2O2/c1-15(13(16)10-7-8-14-9-10)11-5-3-4-6-12(11)17-2/h3-6,10,14H,7-9H2,1-2H3. The molecule has 1 aliphatic heterocycles. The van der Waals surface area contributed by atoms with Gasteiger partial charge in [0, 0.05) is 13.6 Å². The summed E-state index contributed by atoms with van der Waals surface area (Å²) in [7, 11) is 3.42. The Kier molecular flexibility index (Phi) is 3.64. The number of hydrogen-bond acceptors (Lipinski definition) is 3. The molecule has 4 nitrogen and oxygen atoms in total. The summed E-state index contributed by atoms with van der Waals surface area (Å²) >= 11 is 0. The van der Waals surface area contributed by atoms with Crippen LogP contribution < -0.4 is 15.0 Å². The molecule has 0 spiro atoms. The average Bonchev–Trinajstić information content (AvgIpc) is 2.90. The van der Waals surface area contributed by atoms with Crippen LogP contribution in [0.2, 0.25) is 0 Å². The topological polar surface area (TPSA) is 41.6 Å². The second kappa shape index (κ2) is 5.19. The summed E-state index contributed by atoms with van der Waals surface area (Å²) in [6.45, 7) is 1.70. The minimum atomic E-state index is 0.0879. The van der Waals surface area contributed by atoms with Crippen LogP contribution in [0.5, 0.6) is 5.75 Å². The summed E-state index contributed by atoms with van der Waals surface area (Å²) in [6.07, 6.45) is 0.915. The highest BCUT2D eigenvalue weighted by molar-refractivity contribution is 5.96. The van der Waals surface area contributed by atoms with Gasteiger partial charge in [-0.15, -0.1) is 0 Å². The molecule has 92 valence electrons. The zero-order chi connectivity index (χ0) is 12.3. The molecular weight excluding hydrogens is 216 g/mol. The molecule has 1 N–H and O–H groups in total. The van der Waals surface area contributed by atoms with Gasteiger partial charge in [0.1, 0.15) is 5.75 Å². The van der Waals surface area contributed by atoms with Crippen molar-refractivity contribution in [3.05, 3.63) is 24.3 Å². The van der Waals surface area contributed by atoms with E-state index in [1.165, 1.54) is 0 Å². The van der Waals surface area contributed by atoms with E-state index in [1.807, 2.05) is 24.3 Å². The third-order valence-corrected chi connectivity index (χ3v) is 3.19. The Morgan fingerprint density at radius 3 is 2.88 bits per heavy atom. The number of nitrogens with zero attached hydrogens (tertiary/aromatic N) is 1. The van der Waals surface area contributed by atoms with Crippen molar-refractivity contribution in [2.45, 2.75) is 6.42 Å². The first-order valence-electron chi connectivity index (χ1n) is 5.85. The second-order valence-electron chi connectivity index (χ2n) is 4.26. The fourth-order valence-corrected chi connectivity index (χ4v) is 2.16. The Morgan fingerprint density at radius 1 is 1.47 bits per heavy atom. The number of carbonyl (C=O) groups is 1. The number of ether oxygens (including phenoxy) is 1. The van der Waals surface area contributed by atoms with Crippen LogP contribution in [0.3, 0.4) is 0 Å². The summed E-state index contributed by atoms with van der Waals surface area (Å²) in [5.74, 6) is 0.971. The number of methoxy groups -OCH3 is 1. The molecule has 4 heteroatoms. The van der Waals surface area contributed by atoms with E-state index < -0.39 is 0 Å². The molecule has 1 atom stereocenters. The quantitative estimate of drug-likeness (QED) is 0.856. The van der Waals surface area contributed by atoms with Crippen molar-refractivity contribution >= 4 is 11.6 Å². The Hall–Kier alpha value is -1.55. The first-order valence-corrected chi connectivity index (χ1v) is 5.85. The lowest BCUT2D eigenvalue weighted by atomic mass is 10.1. The molecule has 1 saturated heterocycles. The maximum atomic E-state index is 12.2. The molecule has 0 bridgehead atoms. The third kappa shape index (κ3) is 2.42. The Morgan fingerprint density at radius 2 is 2.24 bits per heavy atom. The molecular formula is C13H18N2O2. The van der Waals surface area contributed by atoms with Crippen LogP contribution in [-0.4, -0.2) is 33.2 Å². The van der Waals surface area contributed by atoms with Crippen molar-refractivity contribution in [3.8, 4) is 5.75 Å². The van der Waals surface area contributed by atoms with E-state index in [2.05, 4.69) is 5.32 Å². The molecule has 1 amide bonds. The number of hydrogen-bond donors (Lipinski definition) is 1. The van der Waals surface area contributed by atoms with Gasteiger partial charge in [-0.2, -0.15) is 0 Å². The second-order valence-corrected chi connectivity index (χ2v) is 4.26. The van der Waals surface area contributed by atoms with Gasteiger partial charge in [-0.05, 0) is 25.1 Å². The first kappa shape index (κ1) is 11.9. The Balaban J connectivity index is 2.17. The van der Waals surface area contributed by atoms with Crippen molar-refractivity contribution < 1.29 is 9.53 Å². The van der Waals surface area contributed by atoms with E-state index >= 15 is 0 Å². The maximum Gasteiger partial charge on any atom is 0.231 e. The van der Waals surface area contributed by atoms with Gasteiger partial charge in [-0.3, -0.25) is 4.79 Å². The van der Waals surface area contributed by atoms with Crippen LogP contribution in [-0.2, 0) is 4.79 Å². The highest BCUT2D eigenvalue weighted by Crippen LogP contribution is 2.28. The lowest BCUT2D eigenvalue weighted by molar-refractivity contribution is -0.121. The summed E-state index contributed by atoms with van der Waals surface area (Å²) in [5, 5.41) is 3.21. The van der Waals surface area contributed by atoms with E-state index in [1.54, 1.807) is 19.1 Å².